The molecule has 6 nitrogen and oxygen atoms in total. The van der Waals surface area contributed by atoms with Gasteiger partial charge in [0, 0.05) is 19.6 Å². The van der Waals surface area contributed by atoms with Crippen LogP contribution >= 0.6 is 0 Å². The Kier molecular flexibility index (Phi) is 6.49. The van der Waals surface area contributed by atoms with Crippen molar-refractivity contribution < 1.29 is 12.8 Å². The Morgan fingerprint density at radius 2 is 2.12 bits per heavy atom. The molecule has 1 saturated heterocycles. The van der Waals surface area contributed by atoms with Crippen molar-refractivity contribution in [3.8, 4) is 0 Å². The highest BCUT2D eigenvalue weighted by Gasteiger charge is 2.30. The van der Waals surface area contributed by atoms with Crippen molar-refractivity contribution in [2.45, 2.75) is 34.1 Å². The molecule has 0 bridgehead atoms. The Morgan fingerprint density at radius 3 is 2.69 bits per heavy atom. The molecule has 0 aliphatic carbocycles. The third-order valence-corrected chi connectivity index (χ3v) is 5.65. The van der Waals surface area contributed by atoms with Crippen LogP contribution in [0.15, 0.2) is 23.2 Å². The van der Waals surface area contributed by atoms with Gasteiger partial charge in [0.15, 0.2) is 5.96 Å². The predicted octanol–water partition coefficient (Wildman–Crippen LogP) is 2.57. The minimum Gasteiger partial charge on any atom is -0.357 e. The summed E-state index contributed by atoms with van der Waals surface area (Å²) in [5.74, 6) is 0.151. The molecule has 0 unspecified atom stereocenters. The minimum atomic E-state index is -3.59. The molecule has 0 saturated carbocycles. The summed E-state index contributed by atoms with van der Waals surface area (Å²) in [6.45, 7) is 10.7. The van der Waals surface area contributed by atoms with Gasteiger partial charge in [-0.05, 0) is 43.4 Å². The van der Waals surface area contributed by atoms with Gasteiger partial charge in [-0.3, -0.25) is 9.71 Å². The Bertz CT molecular complexity index is 762. The van der Waals surface area contributed by atoms with Gasteiger partial charge in [0.2, 0.25) is 10.0 Å². The molecule has 0 spiro atoms. The lowest BCUT2D eigenvalue weighted by Gasteiger charge is -2.23. The van der Waals surface area contributed by atoms with E-state index in [1.807, 2.05) is 6.92 Å². The van der Waals surface area contributed by atoms with E-state index >= 15 is 0 Å². The predicted molar refractivity (Wildman–Crippen MR) is 104 cm³/mol. The molecule has 1 aliphatic rings. The number of sulfonamides is 1. The third-order valence-electron chi connectivity index (χ3n) is 4.38. The largest absolute Gasteiger partial charge is 0.357 e. The van der Waals surface area contributed by atoms with E-state index in [1.54, 1.807) is 19.1 Å². The molecule has 8 heteroatoms. The van der Waals surface area contributed by atoms with Crippen molar-refractivity contribution in [2.75, 3.05) is 36.7 Å². The second kappa shape index (κ2) is 8.24. The maximum atomic E-state index is 13.6. The summed E-state index contributed by atoms with van der Waals surface area (Å²) in [4.78, 5) is 6.62. The SMILES string of the molecule is CCNC(=NCCS(=O)(=O)Nc1ccc(C)c(F)c1)N1CCC(C)(C)C1. The van der Waals surface area contributed by atoms with Gasteiger partial charge in [-0.2, -0.15) is 0 Å². The third kappa shape index (κ3) is 5.86. The van der Waals surface area contributed by atoms with Crippen LogP contribution in [0.25, 0.3) is 0 Å². The molecule has 1 heterocycles. The van der Waals surface area contributed by atoms with Gasteiger partial charge in [-0.1, -0.05) is 19.9 Å². The van der Waals surface area contributed by atoms with Gasteiger partial charge in [0.1, 0.15) is 5.82 Å². The topological polar surface area (TPSA) is 73.8 Å². The number of nitrogens with one attached hydrogen (secondary N) is 2. The fraction of sp³-hybridized carbons (Fsp3) is 0.611. The van der Waals surface area contributed by atoms with E-state index in [0.29, 0.717) is 5.56 Å². The van der Waals surface area contributed by atoms with Crippen LogP contribution in [-0.4, -0.2) is 51.2 Å². The molecule has 0 atom stereocenters. The van der Waals surface area contributed by atoms with E-state index in [4.69, 9.17) is 0 Å². The van der Waals surface area contributed by atoms with Crippen LogP contribution < -0.4 is 10.0 Å². The van der Waals surface area contributed by atoms with Gasteiger partial charge < -0.3 is 10.2 Å². The molecule has 1 aromatic rings. The molecule has 2 rings (SSSR count). The van der Waals surface area contributed by atoms with E-state index in [1.165, 1.54) is 6.07 Å². The molecule has 1 fully saturated rings. The Morgan fingerprint density at radius 1 is 1.38 bits per heavy atom. The first-order chi connectivity index (χ1) is 12.1. The number of guanidine groups is 1. The van der Waals surface area contributed by atoms with Crippen molar-refractivity contribution in [1.82, 2.24) is 10.2 Å². The number of aliphatic imine (C=N–C) groups is 1. The zero-order valence-electron chi connectivity index (χ0n) is 16.0. The first-order valence-corrected chi connectivity index (χ1v) is 10.6. The van der Waals surface area contributed by atoms with Crippen LogP contribution in [0.1, 0.15) is 32.8 Å². The lowest BCUT2D eigenvalue weighted by atomic mass is 9.93. The molecular formula is C18H29FN4O2S. The molecule has 0 amide bonds. The summed E-state index contributed by atoms with van der Waals surface area (Å²) in [6, 6.07) is 4.28. The van der Waals surface area contributed by atoms with Crippen molar-refractivity contribution in [1.29, 1.82) is 0 Å². The number of nitrogens with zero attached hydrogens (tertiary/aromatic N) is 2. The van der Waals surface area contributed by atoms with Gasteiger partial charge in [-0.15, -0.1) is 0 Å². The van der Waals surface area contributed by atoms with Gasteiger partial charge in [0.05, 0.1) is 18.0 Å². The number of hydrogen-bond donors (Lipinski definition) is 2. The molecule has 1 aromatic carbocycles. The molecular weight excluding hydrogens is 355 g/mol. The second-order valence-corrected chi connectivity index (χ2v) is 9.30. The molecule has 2 N–H and O–H groups in total. The van der Waals surface area contributed by atoms with Crippen LogP contribution in [0.4, 0.5) is 10.1 Å². The van der Waals surface area contributed by atoms with Crippen molar-refractivity contribution in [3.63, 3.8) is 0 Å². The monoisotopic (exact) mass is 384 g/mol. The highest BCUT2D eigenvalue weighted by Crippen LogP contribution is 2.28. The Hall–Kier alpha value is -1.83. The van der Waals surface area contributed by atoms with E-state index in [-0.39, 0.29) is 23.4 Å². The minimum absolute atomic E-state index is 0.142. The first kappa shape index (κ1) is 20.5. The molecule has 1 aliphatic heterocycles. The van der Waals surface area contributed by atoms with Crippen LogP contribution in [0.5, 0.6) is 0 Å². The summed E-state index contributed by atoms with van der Waals surface area (Å²) in [7, 11) is -3.59. The molecule has 0 radical (unpaired) electrons. The summed E-state index contributed by atoms with van der Waals surface area (Å²) in [5, 5.41) is 3.22. The number of likely N-dealkylation sites (tertiary alicyclic amines) is 1. The maximum absolute atomic E-state index is 13.6. The van der Waals surface area contributed by atoms with Gasteiger partial charge in [0.25, 0.3) is 0 Å². The van der Waals surface area contributed by atoms with Crippen molar-refractivity contribution in [3.05, 3.63) is 29.6 Å². The highest BCUT2D eigenvalue weighted by molar-refractivity contribution is 7.92. The summed E-state index contributed by atoms with van der Waals surface area (Å²) in [5.41, 5.74) is 0.936. The standard InChI is InChI=1S/C18H29FN4O2S/c1-5-20-17(23-10-8-18(3,4)13-23)21-9-11-26(24,25)22-15-7-6-14(2)16(19)12-15/h6-7,12,22H,5,8-11,13H2,1-4H3,(H,20,21). The van der Waals surface area contributed by atoms with Gasteiger partial charge >= 0.3 is 0 Å². The lowest BCUT2D eigenvalue weighted by molar-refractivity contribution is 0.370. The van der Waals surface area contributed by atoms with Crippen molar-refractivity contribution >= 4 is 21.7 Å². The molecule has 146 valence electrons. The fourth-order valence-corrected chi connectivity index (χ4v) is 3.80. The second-order valence-electron chi connectivity index (χ2n) is 7.46. The van der Waals surface area contributed by atoms with Crippen LogP contribution in [0.2, 0.25) is 0 Å². The number of anilines is 1. The summed E-state index contributed by atoms with van der Waals surface area (Å²) < 4.78 is 40.4. The normalized spacial score (nSPS) is 17.4. The van der Waals surface area contributed by atoms with E-state index in [0.717, 1.165) is 32.0 Å². The number of rotatable bonds is 6. The number of benzene rings is 1. The molecule has 26 heavy (non-hydrogen) atoms. The highest BCUT2D eigenvalue weighted by atomic mass is 32.2. The summed E-state index contributed by atoms with van der Waals surface area (Å²) in [6.07, 6.45) is 1.08. The smallest absolute Gasteiger partial charge is 0.234 e. The lowest BCUT2D eigenvalue weighted by Crippen LogP contribution is -2.41. The quantitative estimate of drug-likeness (QED) is 0.584. The van der Waals surface area contributed by atoms with Crippen LogP contribution in [-0.2, 0) is 10.0 Å². The van der Waals surface area contributed by atoms with E-state index < -0.39 is 15.8 Å². The number of aryl methyl sites for hydroxylation is 1. The Labute approximate surface area is 155 Å². The maximum Gasteiger partial charge on any atom is 0.234 e. The number of hydrogen-bond acceptors (Lipinski definition) is 3. The van der Waals surface area contributed by atoms with E-state index in [9.17, 15) is 12.8 Å². The number of halogens is 1. The average molecular weight is 385 g/mol. The fourth-order valence-electron chi connectivity index (χ4n) is 2.88. The average Bonchev–Trinajstić information content (AvgIpc) is 2.90. The summed E-state index contributed by atoms with van der Waals surface area (Å²) >= 11 is 0. The van der Waals surface area contributed by atoms with Crippen molar-refractivity contribution in [2.24, 2.45) is 10.4 Å². The first-order valence-electron chi connectivity index (χ1n) is 8.92. The van der Waals surface area contributed by atoms with E-state index in [2.05, 4.69) is 33.8 Å². The van der Waals surface area contributed by atoms with Crippen LogP contribution in [0, 0.1) is 18.2 Å². The zero-order chi connectivity index (χ0) is 19.4. The Balaban J connectivity index is 1.97. The molecule has 0 aromatic heterocycles. The van der Waals surface area contributed by atoms with Gasteiger partial charge in [-0.25, -0.2) is 12.8 Å². The van der Waals surface area contributed by atoms with Crippen LogP contribution in [0.3, 0.4) is 0 Å². The zero-order valence-corrected chi connectivity index (χ0v) is 16.8.